The molecule has 23 heavy (non-hydrogen) atoms. The minimum absolute atomic E-state index is 0.00890. The van der Waals surface area contributed by atoms with E-state index < -0.39 is 9.84 Å². The normalized spacial score (nSPS) is 21.0. The Morgan fingerprint density at radius 1 is 1.35 bits per heavy atom. The Morgan fingerprint density at radius 2 is 2.04 bits per heavy atom. The van der Waals surface area contributed by atoms with E-state index in [4.69, 9.17) is 4.74 Å². The van der Waals surface area contributed by atoms with Gasteiger partial charge in [-0.15, -0.1) is 0 Å². The Hall–Kier alpha value is -1.56. The van der Waals surface area contributed by atoms with Crippen LogP contribution in [0, 0.1) is 0 Å². The first-order valence-corrected chi connectivity index (χ1v) is 9.94. The number of carbonyl (C=O) groups excluding carboxylic acids is 1. The summed E-state index contributed by atoms with van der Waals surface area (Å²) in [5.41, 5.74) is 2.35. The van der Waals surface area contributed by atoms with Crippen molar-refractivity contribution in [2.75, 3.05) is 19.1 Å². The van der Waals surface area contributed by atoms with Crippen molar-refractivity contribution in [3.8, 4) is 5.75 Å². The van der Waals surface area contributed by atoms with Gasteiger partial charge in [-0.05, 0) is 49.9 Å². The minimum atomic E-state index is -3.02. The Kier molecular flexibility index (Phi) is 5.34. The van der Waals surface area contributed by atoms with Gasteiger partial charge in [-0.25, -0.2) is 8.42 Å². The molecule has 5 nitrogen and oxygen atoms in total. The molecule has 0 radical (unpaired) electrons. The summed E-state index contributed by atoms with van der Waals surface area (Å²) >= 11 is 0. The van der Waals surface area contributed by atoms with Gasteiger partial charge in [0.2, 0.25) is 5.91 Å². The first-order chi connectivity index (χ1) is 10.7. The highest BCUT2D eigenvalue weighted by molar-refractivity contribution is 7.90. The number of rotatable bonds is 5. The van der Waals surface area contributed by atoms with Crippen molar-refractivity contribution in [3.05, 3.63) is 29.3 Å². The number of hydrogen-bond acceptors (Lipinski definition) is 4. The van der Waals surface area contributed by atoms with Crippen molar-refractivity contribution in [1.29, 1.82) is 0 Å². The number of benzene rings is 1. The molecule has 2 atom stereocenters. The first kappa shape index (κ1) is 17.8. The predicted molar refractivity (Wildman–Crippen MR) is 90.4 cm³/mol. The Bertz CT molecular complexity index is 684. The maximum atomic E-state index is 12.5. The molecule has 0 bridgehead atoms. The van der Waals surface area contributed by atoms with Crippen LogP contribution in [0.25, 0.3) is 0 Å². The van der Waals surface area contributed by atoms with Crippen molar-refractivity contribution < 1.29 is 17.9 Å². The van der Waals surface area contributed by atoms with Crippen LogP contribution in [0.15, 0.2) is 18.2 Å². The zero-order valence-corrected chi connectivity index (χ0v) is 15.0. The highest BCUT2D eigenvalue weighted by atomic mass is 32.2. The molecule has 1 aliphatic heterocycles. The maximum absolute atomic E-state index is 12.5. The maximum Gasteiger partial charge on any atom is 0.223 e. The van der Waals surface area contributed by atoms with Gasteiger partial charge in [0.15, 0.2) is 0 Å². The lowest BCUT2D eigenvalue weighted by Gasteiger charge is -2.40. The number of methoxy groups -OCH3 is 1. The Labute approximate surface area is 138 Å². The van der Waals surface area contributed by atoms with Crippen molar-refractivity contribution in [3.63, 3.8) is 0 Å². The highest BCUT2D eigenvalue weighted by Gasteiger charge is 2.32. The van der Waals surface area contributed by atoms with E-state index in [0.717, 1.165) is 17.7 Å². The zero-order valence-electron chi connectivity index (χ0n) is 14.2. The third-order valence-corrected chi connectivity index (χ3v) is 5.43. The fourth-order valence-corrected chi connectivity index (χ4v) is 3.99. The molecular weight excluding hydrogens is 314 g/mol. The lowest BCUT2D eigenvalue weighted by Crippen LogP contribution is -2.45. The van der Waals surface area contributed by atoms with Gasteiger partial charge in [-0.1, -0.05) is 6.07 Å². The molecule has 0 saturated heterocycles. The Balaban J connectivity index is 2.12. The van der Waals surface area contributed by atoms with E-state index in [1.807, 2.05) is 36.9 Å². The summed E-state index contributed by atoms with van der Waals surface area (Å²) in [6, 6.07) is 6.05. The molecule has 2 unspecified atom stereocenters. The minimum Gasteiger partial charge on any atom is -0.497 e. The van der Waals surface area contributed by atoms with E-state index in [1.165, 1.54) is 11.8 Å². The van der Waals surface area contributed by atoms with Crippen LogP contribution >= 0.6 is 0 Å². The molecular formula is C17H25NO4S. The molecule has 0 aromatic heterocycles. The second kappa shape index (κ2) is 6.91. The molecule has 0 fully saturated rings. The van der Waals surface area contributed by atoms with Gasteiger partial charge in [-0.2, -0.15) is 0 Å². The first-order valence-electron chi connectivity index (χ1n) is 7.88. The van der Waals surface area contributed by atoms with Crippen LogP contribution in [0.2, 0.25) is 0 Å². The molecule has 1 amide bonds. The molecule has 2 rings (SSSR count). The molecule has 1 heterocycles. The van der Waals surface area contributed by atoms with Gasteiger partial charge in [0.1, 0.15) is 15.6 Å². The van der Waals surface area contributed by atoms with Crippen molar-refractivity contribution in [2.45, 2.75) is 45.2 Å². The van der Waals surface area contributed by atoms with Crippen LogP contribution in [0.5, 0.6) is 5.75 Å². The lowest BCUT2D eigenvalue weighted by molar-refractivity contribution is -0.136. The molecule has 0 N–H and O–H groups in total. The van der Waals surface area contributed by atoms with E-state index in [0.29, 0.717) is 6.42 Å². The SMILES string of the molecule is COc1ccc2c(c1)CC(C)N(C(=O)CCCS(C)(=O)=O)C2C. The van der Waals surface area contributed by atoms with Gasteiger partial charge < -0.3 is 9.64 Å². The summed E-state index contributed by atoms with van der Waals surface area (Å²) in [5, 5.41) is 0. The average molecular weight is 339 g/mol. The largest absolute Gasteiger partial charge is 0.497 e. The summed E-state index contributed by atoms with van der Waals surface area (Å²) in [6.45, 7) is 4.06. The monoisotopic (exact) mass is 339 g/mol. The van der Waals surface area contributed by atoms with Gasteiger partial charge in [0.05, 0.1) is 18.9 Å². The van der Waals surface area contributed by atoms with Crippen LogP contribution in [-0.2, 0) is 21.1 Å². The highest BCUT2D eigenvalue weighted by Crippen LogP contribution is 2.35. The summed E-state index contributed by atoms with van der Waals surface area (Å²) < 4.78 is 27.7. The number of sulfone groups is 1. The Morgan fingerprint density at radius 3 is 2.65 bits per heavy atom. The van der Waals surface area contributed by atoms with Gasteiger partial charge in [-0.3, -0.25) is 4.79 Å². The van der Waals surface area contributed by atoms with E-state index in [9.17, 15) is 13.2 Å². The van der Waals surface area contributed by atoms with Crippen LogP contribution < -0.4 is 4.74 Å². The van der Waals surface area contributed by atoms with Crippen LogP contribution in [-0.4, -0.2) is 44.4 Å². The molecule has 1 aliphatic rings. The number of hydrogen-bond donors (Lipinski definition) is 0. The molecule has 0 aliphatic carbocycles. The van der Waals surface area contributed by atoms with Crippen molar-refractivity contribution >= 4 is 15.7 Å². The third-order valence-electron chi connectivity index (χ3n) is 4.40. The van der Waals surface area contributed by atoms with Crippen LogP contribution in [0.3, 0.4) is 0 Å². The molecule has 0 saturated carbocycles. The van der Waals surface area contributed by atoms with Crippen LogP contribution in [0.4, 0.5) is 0 Å². The zero-order chi connectivity index (χ0) is 17.2. The van der Waals surface area contributed by atoms with E-state index in [1.54, 1.807) is 7.11 Å². The second-order valence-electron chi connectivity index (χ2n) is 6.33. The lowest BCUT2D eigenvalue weighted by atomic mass is 9.89. The van der Waals surface area contributed by atoms with E-state index in [2.05, 4.69) is 0 Å². The summed E-state index contributed by atoms with van der Waals surface area (Å²) in [4.78, 5) is 14.4. The standard InChI is InChI=1S/C17H25NO4S/c1-12-10-14-11-15(22-3)7-8-16(14)13(2)18(12)17(19)6-5-9-23(4,20)21/h7-8,11-13H,5-6,9-10H2,1-4H3. The number of carbonyl (C=O) groups is 1. The molecule has 6 heteroatoms. The van der Waals surface area contributed by atoms with Gasteiger partial charge in [0, 0.05) is 18.7 Å². The smallest absolute Gasteiger partial charge is 0.223 e. The molecule has 1 aromatic rings. The average Bonchev–Trinajstić information content (AvgIpc) is 2.45. The van der Waals surface area contributed by atoms with Crippen molar-refractivity contribution in [2.24, 2.45) is 0 Å². The second-order valence-corrected chi connectivity index (χ2v) is 8.59. The summed E-state index contributed by atoms with van der Waals surface area (Å²) in [5.74, 6) is 0.912. The molecule has 128 valence electrons. The summed E-state index contributed by atoms with van der Waals surface area (Å²) in [6.07, 6.45) is 2.64. The molecule has 0 spiro atoms. The fourth-order valence-electron chi connectivity index (χ4n) is 3.32. The summed E-state index contributed by atoms with van der Waals surface area (Å²) in [7, 11) is -1.37. The number of ether oxygens (including phenoxy) is 1. The number of amides is 1. The number of fused-ring (bicyclic) bond motifs is 1. The predicted octanol–water partition coefficient (Wildman–Crippen LogP) is 2.35. The van der Waals surface area contributed by atoms with E-state index >= 15 is 0 Å². The quantitative estimate of drug-likeness (QED) is 0.826. The van der Waals surface area contributed by atoms with E-state index in [-0.39, 0.29) is 30.2 Å². The number of nitrogens with zero attached hydrogens (tertiary/aromatic N) is 1. The molecule has 1 aromatic carbocycles. The van der Waals surface area contributed by atoms with Gasteiger partial charge in [0.25, 0.3) is 0 Å². The van der Waals surface area contributed by atoms with Crippen LogP contribution in [0.1, 0.15) is 43.9 Å². The fraction of sp³-hybridized carbons (Fsp3) is 0.588. The third kappa shape index (κ3) is 4.25. The van der Waals surface area contributed by atoms with Crippen molar-refractivity contribution in [1.82, 2.24) is 4.90 Å². The van der Waals surface area contributed by atoms with Gasteiger partial charge >= 0.3 is 0 Å². The topological polar surface area (TPSA) is 63.7 Å².